The fourth-order valence-electron chi connectivity index (χ4n) is 1.12. The minimum Gasteiger partial charge on any atom is -0.372 e. The standard InChI is InChI=1S/C10H10N6O/c1-11-8-4-3-7(15-16-8)9(17)14-10-12-5-2-6-13-10/h2-6H,1H3,(H,11,16)(H,12,13,14,17). The molecule has 2 heterocycles. The lowest BCUT2D eigenvalue weighted by Crippen LogP contribution is -2.16. The van der Waals surface area contributed by atoms with Crippen molar-refractivity contribution in [3.05, 3.63) is 36.3 Å². The molecule has 0 aliphatic heterocycles. The van der Waals surface area contributed by atoms with E-state index in [1.165, 1.54) is 0 Å². The van der Waals surface area contributed by atoms with Crippen molar-refractivity contribution in [2.75, 3.05) is 17.7 Å². The predicted octanol–water partition coefficient (Wildman–Crippen LogP) is 0.561. The second-order valence-electron chi connectivity index (χ2n) is 3.08. The summed E-state index contributed by atoms with van der Waals surface area (Å²) in [6.45, 7) is 0. The Morgan fingerprint density at radius 1 is 1.18 bits per heavy atom. The molecule has 17 heavy (non-hydrogen) atoms. The third-order valence-corrected chi connectivity index (χ3v) is 1.94. The quantitative estimate of drug-likeness (QED) is 0.800. The van der Waals surface area contributed by atoms with Crippen LogP contribution in [0.15, 0.2) is 30.6 Å². The molecule has 0 aliphatic rings. The summed E-state index contributed by atoms with van der Waals surface area (Å²) in [5.74, 6) is 0.431. The Bertz CT molecular complexity index is 498. The minimum absolute atomic E-state index is 0.205. The summed E-state index contributed by atoms with van der Waals surface area (Å²) in [6, 6.07) is 4.89. The van der Waals surface area contributed by atoms with Crippen molar-refractivity contribution < 1.29 is 4.79 Å². The first-order chi connectivity index (χ1) is 8.29. The number of hydrogen-bond donors (Lipinski definition) is 2. The van der Waals surface area contributed by atoms with Crippen LogP contribution in [0.25, 0.3) is 0 Å². The molecule has 2 aromatic heterocycles. The van der Waals surface area contributed by atoms with Crippen LogP contribution in [-0.2, 0) is 0 Å². The molecule has 0 bridgehead atoms. The van der Waals surface area contributed by atoms with Gasteiger partial charge in [-0.25, -0.2) is 9.97 Å². The first-order valence-corrected chi connectivity index (χ1v) is 4.89. The fraction of sp³-hybridized carbons (Fsp3) is 0.100. The van der Waals surface area contributed by atoms with E-state index in [0.29, 0.717) is 5.82 Å². The van der Waals surface area contributed by atoms with Crippen molar-refractivity contribution in [3.63, 3.8) is 0 Å². The van der Waals surface area contributed by atoms with Gasteiger partial charge in [-0.15, -0.1) is 10.2 Å². The highest BCUT2D eigenvalue weighted by molar-refractivity contribution is 6.01. The Labute approximate surface area is 97.3 Å². The van der Waals surface area contributed by atoms with Gasteiger partial charge in [0.05, 0.1) is 0 Å². The van der Waals surface area contributed by atoms with Crippen molar-refractivity contribution in [3.8, 4) is 0 Å². The maximum absolute atomic E-state index is 11.7. The van der Waals surface area contributed by atoms with Crippen LogP contribution in [0.2, 0.25) is 0 Å². The van der Waals surface area contributed by atoms with Gasteiger partial charge in [-0.3, -0.25) is 10.1 Å². The van der Waals surface area contributed by atoms with Crippen molar-refractivity contribution in [2.24, 2.45) is 0 Å². The average Bonchev–Trinajstić information content (AvgIpc) is 2.40. The summed E-state index contributed by atoms with van der Waals surface area (Å²) < 4.78 is 0. The summed E-state index contributed by atoms with van der Waals surface area (Å²) in [4.78, 5) is 19.4. The molecule has 0 fully saturated rings. The second-order valence-corrected chi connectivity index (χ2v) is 3.08. The number of nitrogens with zero attached hydrogens (tertiary/aromatic N) is 4. The molecule has 86 valence electrons. The normalized spacial score (nSPS) is 9.71. The molecule has 1 amide bonds. The SMILES string of the molecule is CNc1ccc(C(=O)Nc2ncccn2)nn1. The van der Waals surface area contributed by atoms with Gasteiger partial charge in [0.25, 0.3) is 5.91 Å². The molecule has 2 N–H and O–H groups in total. The van der Waals surface area contributed by atoms with E-state index in [4.69, 9.17) is 0 Å². The van der Waals surface area contributed by atoms with Crippen LogP contribution in [0, 0.1) is 0 Å². The number of nitrogens with one attached hydrogen (secondary N) is 2. The monoisotopic (exact) mass is 230 g/mol. The van der Waals surface area contributed by atoms with Crippen LogP contribution in [0.3, 0.4) is 0 Å². The predicted molar refractivity (Wildman–Crippen MR) is 61.6 cm³/mol. The third-order valence-electron chi connectivity index (χ3n) is 1.94. The Hall–Kier alpha value is -2.57. The van der Waals surface area contributed by atoms with Gasteiger partial charge in [0, 0.05) is 19.4 Å². The van der Waals surface area contributed by atoms with Gasteiger partial charge in [0.1, 0.15) is 5.82 Å². The van der Waals surface area contributed by atoms with Gasteiger partial charge >= 0.3 is 0 Å². The smallest absolute Gasteiger partial charge is 0.278 e. The highest BCUT2D eigenvalue weighted by atomic mass is 16.2. The second kappa shape index (κ2) is 4.97. The number of rotatable bonds is 3. The fourth-order valence-corrected chi connectivity index (χ4v) is 1.12. The third kappa shape index (κ3) is 2.71. The Kier molecular flexibility index (Phi) is 3.20. The van der Waals surface area contributed by atoms with Gasteiger partial charge in [-0.05, 0) is 18.2 Å². The minimum atomic E-state index is -0.397. The summed E-state index contributed by atoms with van der Waals surface area (Å²) in [5.41, 5.74) is 0.205. The van der Waals surface area contributed by atoms with E-state index >= 15 is 0 Å². The molecule has 0 saturated heterocycles. The molecule has 0 atom stereocenters. The summed E-state index contributed by atoms with van der Waals surface area (Å²) >= 11 is 0. The molecule has 0 radical (unpaired) electrons. The van der Waals surface area contributed by atoms with Crippen molar-refractivity contribution in [1.29, 1.82) is 0 Å². The summed E-state index contributed by atoms with van der Waals surface area (Å²) in [7, 11) is 1.72. The molecule has 0 unspecified atom stereocenters. The Balaban J connectivity index is 2.09. The molecular formula is C10H10N6O. The average molecular weight is 230 g/mol. The van der Waals surface area contributed by atoms with Crippen LogP contribution < -0.4 is 10.6 Å². The van der Waals surface area contributed by atoms with E-state index < -0.39 is 5.91 Å². The summed E-state index contributed by atoms with van der Waals surface area (Å²) in [5, 5.41) is 12.9. The van der Waals surface area contributed by atoms with E-state index in [2.05, 4.69) is 30.8 Å². The van der Waals surface area contributed by atoms with Crippen LogP contribution in [0.1, 0.15) is 10.5 Å². The Morgan fingerprint density at radius 3 is 2.53 bits per heavy atom. The van der Waals surface area contributed by atoms with E-state index in [1.807, 2.05) is 0 Å². The largest absolute Gasteiger partial charge is 0.372 e. The van der Waals surface area contributed by atoms with Crippen LogP contribution in [0.4, 0.5) is 11.8 Å². The molecule has 0 aliphatic carbocycles. The summed E-state index contributed by atoms with van der Waals surface area (Å²) in [6.07, 6.45) is 3.08. The molecule has 2 aromatic rings. The first-order valence-electron chi connectivity index (χ1n) is 4.89. The number of anilines is 2. The Morgan fingerprint density at radius 2 is 1.94 bits per heavy atom. The van der Waals surface area contributed by atoms with E-state index in [9.17, 15) is 4.79 Å². The van der Waals surface area contributed by atoms with E-state index in [1.54, 1.807) is 37.6 Å². The number of amides is 1. The zero-order chi connectivity index (χ0) is 12.1. The first kappa shape index (κ1) is 10.9. The van der Waals surface area contributed by atoms with Gasteiger partial charge in [0.15, 0.2) is 5.69 Å². The maximum atomic E-state index is 11.7. The molecule has 0 aromatic carbocycles. The number of carbonyl (C=O) groups is 1. The molecule has 2 rings (SSSR count). The van der Waals surface area contributed by atoms with Crippen molar-refractivity contribution in [1.82, 2.24) is 20.2 Å². The topological polar surface area (TPSA) is 92.7 Å². The molecule has 7 heteroatoms. The van der Waals surface area contributed by atoms with Crippen LogP contribution in [-0.4, -0.2) is 33.1 Å². The van der Waals surface area contributed by atoms with Gasteiger partial charge in [-0.1, -0.05) is 0 Å². The van der Waals surface area contributed by atoms with Gasteiger partial charge < -0.3 is 5.32 Å². The molecule has 0 saturated carbocycles. The van der Waals surface area contributed by atoms with E-state index in [0.717, 1.165) is 0 Å². The molecule has 7 nitrogen and oxygen atoms in total. The lowest BCUT2D eigenvalue weighted by atomic mass is 10.3. The number of aromatic nitrogens is 4. The highest BCUT2D eigenvalue weighted by Crippen LogP contribution is 2.03. The van der Waals surface area contributed by atoms with Crippen molar-refractivity contribution >= 4 is 17.7 Å². The van der Waals surface area contributed by atoms with Crippen LogP contribution >= 0.6 is 0 Å². The number of hydrogen-bond acceptors (Lipinski definition) is 6. The lowest BCUT2D eigenvalue weighted by Gasteiger charge is -2.02. The zero-order valence-corrected chi connectivity index (χ0v) is 9.08. The van der Waals surface area contributed by atoms with E-state index in [-0.39, 0.29) is 11.6 Å². The molecule has 0 spiro atoms. The molecular weight excluding hydrogens is 220 g/mol. The van der Waals surface area contributed by atoms with Crippen molar-refractivity contribution in [2.45, 2.75) is 0 Å². The van der Waals surface area contributed by atoms with Gasteiger partial charge in [0.2, 0.25) is 5.95 Å². The number of carbonyl (C=O) groups excluding carboxylic acids is 1. The maximum Gasteiger partial charge on any atom is 0.278 e. The van der Waals surface area contributed by atoms with Gasteiger partial charge in [-0.2, -0.15) is 0 Å². The van der Waals surface area contributed by atoms with Crippen LogP contribution in [0.5, 0.6) is 0 Å². The highest BCUT2D eigenvalue weighted by Gasteiger charge is 2.09. The zero-order valence-electron chi connectivity index (χ0n) is 9.08. The lowest BCUT2D eigenvalue weighted by molar-refractivity contribution is 0.102.